The molecule has 0 N–H and O–H groups in total. The zero-order valence-electron chi connectivity index (χ0n) is 15.4. The van der Waals surface area contributed by atoms with Crippen LogP contribution < -0.4 is 0 Å². The lowest BCUT2D eigenvalue weighted by atomic mass is 9.84. The van der Waals surface area contributed by atoms with E-state index >= 15 is 0 Å². The second kappa shape index (κ2) is 7.22. The minimum absolute atomic E-state index is 0.108. The summed E-state index contributed by atoms with van der Waals surface area (Å²) in [4.78, 5) is 0. The fourth-order valence-corrected chi connectivity index (χ4v) is 3.76. The van der Waals surface area contributed by atoms with E-state index in [9.17, 15) is 8.78 Å². The number of ether oxygens (including phenoxy) is 1. The molecule has 2 aliphatic rings. The van der Waals surface area contributed by atoms with Gasteiger partial charge in [0.2, 0.25) is 0 Å². The molecule has 0 aromatic heterocycles. The minimum Gasteiger partial charge on any atom is -0.429 e. The van der Waals surface area contributed by atoms with Crippen LogP contribution in [0.4, 0.5) is 8.78 Å². The van der Waals surface area contributed by atoms with Gasteiger partial charge < -0.3 is 4.74 Å². The van der Waals surface area contributed by atoms with Crippen molar-refractivity contribution in [2.24, 2.45) is 5.41 Å². The highest BCUT2D eigenvalue weighted by Gasteiger charge is 2.39. The molecule has 0 aromatic rings. The molecule has 25 heavy (non-hydrogen) atoms. The monoisotopic (exact) mass is 458 g/mol. The van der Waals surface area contributed by atoms with Gasteiger partial charge in [0.05, 0.1) is 8.99 Å². The Bertz CT molecular complexity index is 720. The van der Waals surface area contributed by atoms with Gasteiger partial charge >= 0.3 is 6.11 Å². The summed E-state index contributed by atoms with van der Waals surface area (Å²) >= 11 is 2.22. The molecule has 0 bridgehead atoms. The van der Waals surface area contributed by atoms with Crippen LogP contribution in [-0.2, 0) is 4.74 Å². The average molecular weight is 458 g/mol. The highest BCUT2D eigenvalue weighted by molar-refractivity contribution is 14.1. The van der Waals surface area contributed by atoms with Crippen molar-refractivity contribution in [3.8, 4) is 0 Å². The molecule has 0 aromatic carbocycles. The van der Waals surface area contributed by atoms with Gasteiger partial charge in [-0.1, -0.05) is 78.0 Å². The average Bonchev–Trinajstić information content (AvgIpc) is 2.70. The lowest BCUT2D eigenvalue weighted by Gasteiger charge is -2.25. The zero-order chi connectivity index (χ0) is 18.9. The van der Waals surface area contributed by atoms with E-state index in [1.165, 1.54) is 6.08 Å². The van der Waals surface area contributed by atoms with Gasteiger partial charge in [0.1, 0.15) is 5.76 Å². The Morgan fingerprint density at radius 3 is 2.20 bits per heavy atom. The van der Waals surface area contributed by atoms with E-state index in [4.69, 9.17) is 4.74 Å². The summed E-state index contributed by atoms with van der Waals surface area (Å²) in [5, 5.41) is 0. The normalized spacial score (nSPS) is 29.9. The molecular formula is C21H25F2IO. The van der Waals surface area contributed by atoms with Crippen molar-refractivity contribution in [2.45, 2.75) is 50.6 Å². The smallest absolute Gasteiger partial charge is 0.426 e. The molecular weight excluding hydrogens is 433 g/mol. The van der Waals surface area contributed by atoms with E-state index in [-0.39, 0.29) is 14.8 Å². The number of halogens is 3. The number of rotatable bonds is 4. The SMILES string of the molecule is CCC1(C)C=C(C)C=CC(C(F)(F)OC2=CC(C)(I)C=C(C)C=C2)=C1. The van der Waals surface area contributed by atoms with Crippen LogP contribution in [0.2, 0.25) is 0 Å². The molecule has 2 aliphatic carbocycles. The van der Waals surface area contributed by atoms with Crippen molar-refractivity contribution in [2.75, 3.05) is 0 Å². The highest BCUT2D eigenvalue weighted by atomic mass is 127. The fraction of sp³-hybridized carbons (Fsp3) is 0.429. The molecule has 4 heteroatoms. The Kier molecular flexibility index (Phi) is 5.81. The Morgan fingerprint density at radius 1 is 0.960 bits per heavy atom. The van der Waals surface area contributed by atoms with Crippen molar-refractivity contribution in [3.05, 3.63) is 71.1 Å². The molecule has 0 aliphatic heterocycles. The summed E-state index contributed by atoms with van der Waals surface area (Å²) in [6, 6.07) is 0. The first-order chi connectivity index (χ1) is 11.4. The second-order valence-corrected chi connectivity index (χ2v) is 9.54. The van der Waals surface area contributed by atoms with Crippen LogP contribution in [0.5, 0.6) is 0 Å². The predicted molar refractivity (Wildman–Crippen MR) is 109 cm³/mol. The van der Waals surface area contributed by atoms with Crippen LogP contribution in [0.25, 0.3) is 0 Å². The maximum Gasteiger partial charge on any atom is 0.426 e. The van der Waals surface area contributed by atoms with Crippen LogP contribution in [0.1, 0.15) is 41.0 Å². The predicted octanol–water partition coefficient (Wildman–Crippen LogP) is 7.05. The van der Waals surface area contributed by atoms with Gasteiger partial charge in [-0.2, -0.15) is 8.78 Å². The first-order valence-corrected chi connectivity index (χ1v) is 9.50. The van der Waals surface area contributed by atoms with Crippen LogP contribution in [0, 0.1) is 5.41 Å². The van der Waals surface area contributed by atoms with Gasteiger partial charge in [-0.05, 0) is 45.4 Å². The summed E-state index contributed by atoms with van der Waals surface area (Å²) in [6.45, 7) is 9.78. The van der Waals surface area contributed by atoms with Crippen molar-refractivity contribution < 1.29 is 13.5 Å². The summed E-state index contributed by atoms with van der Waals surface area (Å²) in [5.41, 5.74) is 1.46. The maximum absolute atomic E-state index is 14.9. The second-order valence-electron chi connectivity index (χ2n) is 7.22. The van der Waals surface area contributed by atoms with Gasteiger partial charge in [0.25, 0.3) is 0 Å². The molecule has 2 unspecified atom stereocenters. The Morgan fingerprint density at radius 2 is 1.56 bits per heavy atom. The molecule has 0 saturated carbocycles. The van der Waals surface area contributed by atoms with Gasteiger partial charge in [0.15, 0.2) is 0 Å². The van der Waals surface area contributed by atoms with Crippen LogP contribution in [0.15, 0.2) is 71.1 Å². The minimum atomic E-state index is -3.40. The highest BCUT2D eigenvalue weighted by Crippen LogP contribution is 2.39. The summed E-state index contributed by atoms with van der Waals surface area (Å²) < 4.78 is 34.6. The van der Waals surface area contributed by atoms with E-state index in [1.807, 2.05) is 46.8 Å². The largest absolute Gasteiger partial charge is 0.429 e. The van der Waals surface area contributed by atoms with Crippen LogP contribution in [0.3, 0.4) is 0 Å². The topological polar surface area (TPSA) is 9.23 Å². The molecule has 2 rings (SSSR count). The number of hydrogen-bond acceptors (Lipinski definition) is 1. The molecule has 0 spiro atoms. The first-order valence-electron chi connectivity index (χ1n) is 8.42. The molecule has 0 heterocycles. The van der Waals surface area contributed by atoms with Gasteiger partial charge in [0, 0.05) is 5.41 Å². The molecule has 2 atom stereocenters. The molecule has 0 amide bonds. The van der Waals surface area contributed by atoms with Gasteiger partial charge in [-0.3, -0.25) is 0 Å². The number of hydrogen-bond donors (Lipinski definition) is 0. The number of allylic oxidation sites excluding steroid dienone is 9. The molecule has 1 nitrogen and oxygen atoms in total. The van der Waals surface area contributed by atoms with Crippen molar-refractivity contribution in [3.63, 3.8) is 0 Å². The van der Waals surface area contributed by atoms with E-state index in [0.717, 1.165) is 17.6 Å². The standard InChI is InChI=1S/C21H25F2IO/c1-6-19(4)11-15(2)7-9-17(13-19)21(22,23)25-18-10-8-16(3)12-20(5,24)14-18/h7-14H,6H2,1-5H3. The Labute approximate surface area is 163 Å². The van der Waals surface area contributed by atoms with Gasteiger partial charge in [-0.25, -0.2) is 0 Å². The van der Waals surface area contributed by atoms with Crippen molar-refractivity contribution in [1.29, 1.82) is 0 Å². The van der Waals surface area contributed by atoms with E-state index < -0.39 is 11.5 Å². The maximum atomic E-state index is 14.9. The molecule has 0 saturated heterocycles. The molecule has 0 fully saturated rings. The fourth-order valence-electron chi connectivity index (χ4n) is 2.96. The van der Waals surface area contributed by atoms with E-state index in [1.54, 1.807) is 30.4 Å². The van der Waals surface area contributed by atoms with Crippen molar-refractivity contribution >= 4 is 22.6 Å². The van der Waals surface area contributed by atoms with E-state index in [0.29, 0.717) is 0 Å². The number of alkyl halides is 3. The third kappa shape index (κ3) is 5.40. The summed E-state index contributed by atoms with van der Waals surface area (Å²) in [7, 11) is 0. The first kappa shape index (κ1) is 20.1. The quantitative estimate of drug-likeness (QED) is 0.324. The van der Waals surface area contributed by atoms with Crippen molar-refractivity contribution in [1.82, 2.24) is 0 Å². The molecule has 0 radical (unpaired) electrons. The van der Waals surface area contributed by atoms with Crippen LogP contribution >= 0.6 is 22.6 Å². The van der Waals surface area contributed by atoms with Crippen LogP contribution in [-0.4, -0.2) is 9.53 Å². The van der Waals surface area contributed by atoms with E-state index in [2.05, 4.69) is 22.6 Å². The summed E-state index contributed by atoms with van der Waals surface area (Å²) in [5.74, 6) is 0.177. The molecule has 136 valence electrons. The Balaban J connectivity index is 2.35. The Hall–Kier alpha value is -1.17. The summed E-state index contributed by atoms with van der Waals surface area (Å²) in [6.07, 6.45) is 11.3. The lowest BCUT2D eigenvalue weighted by molar-refractivity contribution is -0.177. The van der Waals surface area contributed by atoms with Gasteiger partial charge in [-0.15, -0.1) is 0 Å². The third-order valence-corrected chi connectivity index (χ3v) is 4.98. The zero-order valence-corrected chi connectivity index (χ0v) is 17.5. The third-order valence-electron chi connectivity index (χ3n) is 4.36. The lowest BCUT2D eigenvalue weighted by Crippen LogP contribution is -2.25.